The highest BCUT2D eigenvalue weighted by Crippen LogP contribution is 2.23. The number of methoxy groups -OCH3 is 1. The summed E-state index contributed by atoms with van der Waals surface area (Å²) in [6.45, 7) is 1.91. The molecule has 0 heterocycles. The smallest absolute Gasteiger partial charge is 0.334 e. The summed E-state index contributed by atoms with van der Waals surface area (Å²) in [5, 5.41) is 2.44. The first-order valence-corrected chi connectivity index (χ1v) is 8.19. The molecule has 8 heteroatoms. The molecule has 0 saturated carbocycles. The second-order valence-electron chi connectivity index (χ2n) is 4.73. The normalized spacial score (nSPS) is 10.7. The highest BCUT2D eigenvalue weighted by Gasteiger charge is 2.16. The molecule has 2 aromatic carbocycles. The summed E-state index contributed by atoms with van der Waals surface area (Å²) in [6.07, 6.45) is 0. The zero-order valence-electron chi connectivity index (χ0n) is 12.7. The number of anilines is 2. The van der Waals surface area contributed by atoms with Crippen LogP contribution in [0.2, 0.25) is 0 Å². The molecule has 122 valence electrons. The van der Waals surface area contributed by atoms with Crippen LogP contribution < -0.4 is 19.5 Å². The molecule has 0 spiro atoms. The summed E-state index contributed by atoms with van der Waals surface area (Å²) in [7, 11) is -2.67. The van der Waals surface area contributed by atoms with Gasteiger partial charge in [0, 0.05) is 5.69 Å². The minimum absolute atomic E-state index is 0.227. The summed E-state index contributed by atoms with van der Waals surface area (Å²) in [5.74, 6) is 0.344. The number of carbonyl (C=O) groups excluding carboxylic acids is 1. The van der Waals surface area contributed by atoms with Crippen LogP contribution in [0.4, 0.5) is 16.2 Å². The molecule has 0 bridgehead atoms. The van der Waals surface area contributed by atoms with Gasteiger partial charge in [-0.1, -0.05) is 29.8 Å². The molecule has 2 amide bonds. The summed E-state index contributed by atoms with van der Waals surface area (Å²) in [4.78, 5) is 11.8. The van der Waals surface area contributed by atoms with Crippen molar-refractivity contribution in [1.82, 2.24) is 4.72 Å². The Labute approximate surface area is 134 Å². The Balaban J connectivity index is 2.02. The fourth-order valence-corrected chi connectivity index (χ4v) is 2.62. The van der Waals surface area contributed by atoms with Gasteiger partial charge in [-0.3, -0.25) is 4.72 Å². The average molecular weight is 335 g/mol. The maximum atomic E-state index is 12.0. The molecule has 7 nitrogen and oxygen atoms in total. The van der Waals surface area contributed by atoms with Crippen LogP contribution in [-0.2, 0) is 10.2 Å². The number of hydrogen-bond donors (Lipinski definition) is 3. The minimum Gasteiger partial charge on any atom is -0.495 e. The van der Waals surface area contributed by atoms with Crippen LogP contribution in [0, 0.1) is 6.92 Å². The van der Waals surface area contributed by atoms with Crippen LogP contribution in [0.1, 0.15) is 5.56 Å². The molecule has 23 heavy (non-hydrogen) atoms. The van der Waals surface area contributed by atoms with E-state index in [0.717, 1.165) is 5.56 Å². The van der Waals surface area contributed by atoms with Crippen molar-refractivity contribution in [3.05, 3.63) is 54.1 Å². The third-order valence-electron chi connectivity index (χ3n) is 2.89. The van der Waals surface area contributed by atoms with Crippen LogP contribution in [0.3, 0.4) is 0 Å². The number of urea groups is 1. The van der Waals surface area contributed by atoms with E-state index in [9.17, 15) is 13.2 Å². The van der Waals surface area contributed by atoms with Gasteiger partial charge in [-0.25, -0.2) is 9.52 Å². The lowest BCUT2D eigenvalue weighted by atomic mass is 10.2. The zero-order chi connectivity index (χ0) is 16.9. The number of nitrogens with one attached hydrogen (secondary N) is 3. The number of benzene rings is 2. The third kappa shape index (κ3) is 4.89. The summed E-state index contributed by atoms with van der Waals surface area (Å²) in [6, 6.07) is 12.6. The Morgan fingerprint density at radius 2 is 1.70 bits per heavy atom. The number of ether oxygens (including phenoxy) is 1. The number of para-hydroxylation sites is 2. The lowest BCUT2D eigenvalue weighted by molar-refractivity contribution is 0.256. The van der Waals surface area contributed by atoms with Gasteiger partial charge in [0.2, 0.25) is 0 Å². The Morgan fingerprint density at radius 3 is 2.35 bits per heavy atom. The summed E-state index contributed by atoms with van der Waals surface area (Å²) in [5.41, 5.74) is 1.74. The van der Waals surface area contributed by atoms with Crippen LogP contribution >= 0.6 is 0 Å². The largest absolute Gasteiger partial charge is 0.495 e. The average Bonchev–Trinajstić information content (AvgIpc) is 2.49. The van der Waals surface area contributed by atoms with Crippen molar-refractivity contribution in [3.8, 4) is 5.75 Å². The predicted octanol–water partition coefficient (Wildman–Crippen LogP) is 2.48. The van der Waals surface area contributed by atoms with E-state index in [1.807, 2.05) is 11.6 Å². The molecule has 3 N–H and O–H groups in total. The van der Waals surface area contributed by atoms with E-state index < -0.39 is 16.2 Å². The monoisotopic (exact) mass is 335 g/mol. The van der Waals surface area contributed by atoms with Crippen molar-refractivity contribution >= 4 is 27.6 Å². The third-order valence-corrected chi connectivity index (χ3v) is 3.83. The molecule has 0 unspecified atom stereocenters. The first kappa shape index (κ1) is 16.6. The molecular formula is C15H17N3O4S. The Morgan fingerprint density at radius 1 is 1.04 bits per heavy atom. The molecule has 2 rings (SSSR count). The van der Waals surface area contributed by atoms with E-state index in [4.69, 9.17) is 4.74 Å². The molecule has 0 fully saturated rings. The van der Waals surface area contributed by atoms with Crippen LogP contribution in [0.15, 0.2) is 48.5 Å². The SMILES string of the molecule is COc1ccccc1NS(=O)(=O)NC(=O)Nc1ccc(C)cc1. The second kappa shape index (κ2) is 7.01. The first-order valence-electron chi connectivity index (χ1n) is 6.71. The quantitative estimate of drug-likeness (QED) is 0.782. The lowest BCUT2D eigenvalue weighted by Crippen LogP contribution is -2.38. The van der Waals surface area contributed by atoms with Crippen LogP contribution in [0.5, 0.6) is 5.75 Å². The van der Waals surface area contributed by atoms with E-state index in [-0.39, 0.29) is 5.69 Å². The van der Waals surface area contributed by atoms with Crippen molar-refractivity contribution in [1.29, 1.82) is 0 Å². The van der Waals surface area contributed by atoms with Crippen molar-refractivity contribution in [2.24, 2.45) is 0 Å². The zero-order valence-corrected chi connectivity index (χ0v) is 13.5. The number of carbonyl (C=O) groups is 1. The topological polar surface area (TPSA) is 96.5 Å². The van der Waals surface area contributed by atoms with Gasteiger partial charge in [-0.05, 0) is 31.2 Å². The highest BCUT2D eigenvalue weighted by atomic mass is 32.2. The molecule has 0 atom stereocenters. The Kier molecular flexibility index (Phi) is 5.07. The van der Waals surface area contributed by atoms with E-state index in [1.54, 1.807) is 42.5 Å². The Hall–Kier alpha value is -2.74. The van der Waals surface area contributed by atoms with Crippen LogP contribution in [0.25, 0.3) is 0 Å². The van der Waals surface area contributed by atoms with Gasteiger partial charge < -0.3 is 10.1 Å². The number of amides is 2. The predicted molar refractivity (Wildman–Crippen MR) is 88.9 cm³/mol. The van der Waals surface area contributed by atoms with Gasteiger partial charge in [0.15, 0.2) is 0 Å². The Bertz CT molecular complexity index is 789. The molecule has 0 saturated heterocycles. The minimum atomic E-state index is -4.09. The maximum absolute atomic E-state index is 12.0. The molecule has 2 aromatic rings. The van der Waals surface area contributed by atoms with Crippen molar-refractivity contribution in [2.75, 3.05) is 17.1 Å². The second-order valence-corrected chi connectivity index (χ2v) is 6.14. The van der Waals surface area contributed by atoms with Gasteiger partial charge >= 0.3 is 16.2 Å². The summed E-state index contributed by atoms with van der Waals surface area (Å²) >= 11 is 0. The van der Waals surface area contributed by atoms with Gasteiger partial charge in [-0.15, -0.1) is 0 Å². The lowest BCUT2D eigenvalue weighted by Gasteiger charge is -2.12. The van der Waals surface area contributed by atoms with Gasteiger partial charge in [0.25, 0.3) is 0 Å². The van der Waals surface area contributed by atoms with Crippen molar-refractivity contribution in [2.45, 2.75) is 6.92 Å². The van der Waals surface area contributed by atoms with E-state index >= 15 is 0 Å². The van der Waals surface area contributed by atoms with Gasteiger partial charge in [0.05, 0.1) is 12.8 Å². The van der Waals surface area contributed by atoms with E-state index in [0.29, 0.717) is 11.4 Å². The number of hydrogen-bond acceptors (Lipinski definition) is 4. The first-order chi connectivity index (χ1) is 10.9. The standard InChI is InChI=1S/C15H17N3O4S/c1-11-7-9-12(10-8-11)16-15(19)18-23(20,21)17-13-5-3-4-6-14(13)22-2/h3-10,17H,1-2H3,(H2,16,18,19). The fraction of sp³-hybridized carbons (Fsp3) is 0.133. The van der Waals surface area contributed by atoms with Gasteiger partial charge in [-0.2, -0.15) is 8.42 Å². The van der Waals surface area contributed by atoms with Crippen LogP contribution in [-0.4, -0.2) is 21.6 Å². The number of rotatable bonds is 5. The fourth-order valence-electron chi connectivity index (χ4n) is 1.81. The molecule has 0 aliphatic heterocycles. The molecule has 0 aromatic heterocycles. The molecule has 0 radical (unpaired) electrons. The number of aryl methyl sites for hydroxylation is 1. The van der Waals surface area contributed by atoms with Crippen molar-refractivity contribution in [3.63, 3.8) is 0 Å². The van der Waals surface area contributed by atoms with Gasteiger partial charge in [0.1, 0.15) is 5.75 Å². The molecule has 0 aliphatic carbocycles. The van der Waals surface area contributed by atoms with Crippen molar-refractivity contribution < 1.29 is 17.9 Å². The summed E-state index contributed by atoms with van der Waals surface area (Å²) < 4.78 is 33.1. The molecule has 0 aliphatic rings. The highest BCUT2D eigenvalue weighted by molar-refractivity contribution is 7.91. The van der Waals surface area contributed by atoms with E-state index in [2.05, 4.69) is 10.0 Å². The van der Waals surface area contributed by atoms with E-state index in [1.165, 1.54) is 13.2 Å². The maximum Gasteiger partial charge on any atom is 0.334 e. The molecular weight excluding hydrogens is 318 g/mol.